The average Bonchev–Trinajstić information content (AvgIpc) is 2.69. The van der Waals surface area contributed by atoms with Crippen molar-refractivity contribution in [3.63, 3.8) is 0 Å². The molecule has 0 saturated carbocycles. The van der Waals surface area contributed by atoms with Crippen LogP contribution in [-0.4, -0.2) is 0 Å². The summed E-state index contributed by atoms with van der Waals surface area (Å²) in [6.07, 6.45) is 0. The van der Waals surface area contributed by atoms with Gasteiger partial charge in [0.05, 0.1) is 0 Å². The summed E-state index contributed by atoms with van der Waals surface area (Å²) >= 11 is 6.41. The summed E-state index contributed by atoms with van der Waals surface area (Å²) in [5, 5.41) is 2.02. The molecule has 0 atom stereocenters. The SMILES string of the molecule is CC1(C)c2ccccc2-c2c1cc(F)c1cccc(Cl)c21. The Labute approximate surface area is 128 Å². The van der Waals surface area contributed by atoms with Gasteiger partial charge in [-0.1, -0.05) is 61.8 Å². The quantitative estimate of drug-likeness (QED) is 0.481. The van der Waals surface area contributed by atoms with Gasteiger partial charge in [0, 0.05) is 21.2 Å². The van der Waals surface area contributed by atoms with Crippen LogP contribution in [-0.2, 0) is 5.41 Å². The highest BCUT2D eigenvalue weighted by molar-refractivity contribution is 6.37. The van der Waals surface area contributed by atoms with E-state index in [0.717, 1.165) is 22.1 Å². The van der Waals surface area contributed by atoms with E-state index >= 15 is 0 Å². The summed E-state index contributed by atoms with van der Waals surface area (Å²) in [6.45, 7) is 4.28. The van der Waals surface area contributed by atoms with Crippen LogP contribution < -0.4 is 0 Å². The molecule has 0 bridgehead atoms. The van der Waals surface area contributed by atoms with Crippen molar-refractivity contribution in [2.75, 3.05) is 0 Å². The van der Waals surface area contributed by atoms with Crippen LogP contribution >= 0.6 is 11.6 Å². The van der Waals surface area contributed by atoms with Crippen LogP contribution in [0.2, 0.25) is 5.02 Å². The summed E-state index contributed by atoms with van der Waals surface area (Å²) in [7, 11) is 0. The first-order valence-corrected chi connectivity index (χ1v) is 7.40. The summed E-state index contributed by atoms with van der Waals surface area (Å²) in [6, 6.07) is 15.4. The lowest BCUT2D eigenvalue weighted by Gasteiger charge is -2.21. The second-order valence-corrected chi connectivity index (χ2v) is 6.52. The first-order valence-electron chi connectivity index (χ1n) is 7.03. The van der Waals surface area contributed by atoms with Gasteiger partial charge >= 0.3 is 0 Å². The second-order valence-electron chi connectivity index (χ2n) is 6.11. The van der Waals surface area contributed by atoms with Crippen LogP contribution in [0, 0.1) is 5.82 Å². The zero-order valence-electron chi connectivity index (χ0n) is 11.9. The third-order valence-electron chi connectivity index (χ3n) is 4.60. The molecular formula is C19H14ClF. The summed E-state index contributed by atoms with van der Waals surface area (Å²) in [5.41, 5.74) is 4.28. The number of fused-ring (bicyclic) bond motifs is 5. The van der Waals surface area contributed by atoms with Crippen molar-refractivity contribution in [1.29, 1.82) is 0 Å². The molecule has 21 heavy (non-hydrogen) atoms. The predicted octanol–water partition coefficient (Wildman–Crippen LogP) is 5.94. The van der Waals surface area contributed by atoms with Gasteiger partial charge < -0.3 is 0 Å². The molecular weight excluding hydrogens is 283 g/mol. The Kier molecular flexibility index (Phi) is 2.50. The lowest BCUT2D eigenvalue weighted by atomic mass is 9.82. The van der Waals surface area contributed by atoms with Crippen molar-refractivity contribution in [3.05, 3.63) is 70.5 Å². The highest BCUT2D eigenvalue weighted by atomic mass is 35.5. The fourth-order valence-electron chi connectivity index (χ4n) is 3.55. The first kappa shape index (κ1) is 12.8. The molecule has 104 valence electrons. The molecule has 1 aliphatic carbocycles. The second kappa shape index (κ2) is 4.08. The highest BCUT2D eigenvalue weighted by Gasteiger charge is 2.37. The molecule has 0 nitrogen and oxygen atoms in total. The Morgan fingerprint density at radius 1 is 0.952 bits per heavy atom. The number of halogens is 2. The largest absolute Gasteiger partial charge is 0.206 e. The van der Waals surface area contributed by atoms with Crippen LogP contribution in [0.4, 0.5) is 4.39 Å². The maximum atomic E-state index is 14.5. The van der Waals surface area contributed by atoms with Crippen LogP contribution in [0.1, 0.15) is 25.0 Å². The third kappa shape index (κ3) is 1.55. The molecule has 4 rings (SSSR count). The van der Waals surface area contributed by atoms with Crippen LogP contribution in [0.5, 0.6) is 0 Å². The van der Waals surface area contributed by atoms with Gasteiger partial charge in [-0.3, -0.25) is 0 Å². The topological polar surface area (TPSA) is 0 Å². The molecule has 0 aliphatic heterocycles. The molecule has 2 heteroatoms. The van der Waals surface area contributed by atoms with E-state index in [1.54, 1.807) is 18.2 Å². The van der Waals surface area contributed by atoms with E-state index in [0.29, 0.717) is 10.4 Å². The van der Waals surface area contributed by atoms with Crippen molar-refractivity contribution in [2.24, 2.45) is 0 Å². The molecule has 0 spiro atoms. The van der Waals surface area contributed by atoms with E-state index in [-0.39, 0.29) is 11.2 Å². The van der Waals surface area contributed by atoms with Gasteiger partial charge in [-0.25, -0.2) is 4.39 Å². The summed E-state index contributed by atoms with van der Waals surface area (Å²) in [5.74, 6) is -0.202. The summed E-state index contributed by atoms with van der Waals surface area (Å²) < 4.78 is 14.5. The monoisotopic (exact) mass is 296 g/mol. The number of hydrogen-bond acceptors (Lipinski definition) is 0. The molecule has 0 heterocycles. The minimum Gasteiger partial charge on any atom is -0.206 e. The van der Waals surface area contributed by atoms with Gasteiger partial charge in [-0.15, -0.1) is 0 Å². The van der Waals surface area contributed by atoms with Gasteiger partial charge in [0.25, 0.3) is 0 Å². The van der Waals surface area contributed by atoms with Gasteiger partial charge in [0.1, 0.15) is 5.82 Å². The molecule has 0 N–H and O–H groups in total. The smallest absolute Gasteiger partial charge is 0.131 e. The van der Waals surface area contributed by atoms with E-state index in [2.05, 4.69) is 26.0 Å². The fourth-order valence-corrected chi connectivity index (χ4v) is 3.82. The van der Waals surface area contributed by atoms with Gasteiger partial charge in [0.15, 0.2) is 0 Å². The van der Waals surface area contributed by atoms with Crippen LogP contribution in [0.15, 0.2) is 48.5 Å². The molecule has 0 saturated heterocycles. The standard InChI is InChI=1S/C19H14ClF/c1-19(2)13-8-4-3-6-11(13)17-14(19)10-16(21)12-7-5-9-15(20)18(12)17/h3-10H,1-2H3. The Hall–Kier alpha value is -1.86. The van der Waals surface area contributed by atoms with Crippen molar-refractivity contribution in [3.8, 4) is 11.1 Å². The highest BCUT2D eigenvalue weighted by Crippen LogP contribution is 2.52. The normalized spacial score (nSPS) is 15.0. The minimum absolute atomic E-state index is 0.202. The average molecular weight is 297 g/mol. The molecule has 0 radical (unpaired) electrons. The molecule has 0 aromatic heterocycles. The Morgan fingerprint density at radius 2 is 1.71 bits per heavy atom. The van der Waals surface area contributed by atoms with E-state index in [9.17, 15) is 4.39 Å². The van der Waals surface area contributed by atoms with E-state index in [1.807, 2.05) is 18.2 Å². The lowest BCUT2D eigenvalue weighted by molar-refractivity contribution is 0.619. The Bertz CT molecular complexity index is 893. The van der Waals surface area contributed by atoms with E-state index in [4.69, 9.17) is 11.6 Å². The van der Waals surface area contributed by atoms with Gasteiger partial charge in [-0.05, 0) is 34.4 Å². The zero-order chi connectivity index (χ0) is 14.8. The first-order chi connectivity index (χ1) is 10.0. The van der Waals surface area contributed by atoms with Gasteiger partial charge in [-0.2, -0.15) is 0 Å². The number of hydrogen-bond donors (Lipinski definition) is 0. The maximum Gasteiger partial charge on any atom is 0.131 e. The minimum atomic E-state index is -0.208. The Balaban J connectivity index is 2.28. The zero-order valence-corrected chi connectivity index (χ0v) is 12.6. The molecule has 3 aromatic carbocycles. The maximum absolute atomic E-state index is 14.5. The molecule has 3 aromatic rings. The van der Waals surface area contributed by atoms with E-state index in [1.165, 1.54) is 5.56 Å². The third-order valence-corrected chi connectivity index (χ3v) is 4.92. The molecule has 0 fully saturated rings. The van der Waals surface area contributed by atoms with Gasteiger partial charge in [0.2, 0.25) is 0 Å². The molecule has 0 unspecified atom stereocenters. The van der Waals surface area contributed by atoms with Crippen molar-refractivity contribution < 1.29 is 4.39 Å². The van der Waals surface area contributed by atoms with Crippen LogP contribution in [0.3, 0.4) is 0 Å². The van der Waals surface area contributed by atoms with Crippen molar-refractivity contribution in [1.82, 2.24) is 0 Å². The van der Waals surface area contributed by atoms with Crippen molar-refractivity contribution in [2.45, 2.75) is 19.3 Å². The van der Waals surface area contributed by atoms with E-state index < -0.39 is 0 Å². The fraction of sp³-hybridized carbons (Fsp3) is 0.158. The molecule has 1 aliphatic rings. The lowest BCUT2D eigenvalue weighted by Crippen LogP contribution is -2.15. The number of benzene rings is 3. The van der Waals surface area contributed by atoms with Crippen molar-refractivity contribution >= 4 is 22.4 Å². The predicted molar refractivity (Wildman–Crippen MR) is 86.5 cm³/mol. The van der Waals surface area contributed by atoms with Crippen LogP contribution in [0.25, 0.3) is 21.9 Å². The summed E-state index contributed by atoms with van der Waals surface area (Å²) in [4.78, 5) is 0. The molecule has 0 amide bonds. The number of rotatable bonds is 0. The Morgan fingerprint density at radius 3 is 2.52 bits per heavy atom.